The number of ether oxygens (including phenoxy) is 1. The summed E-state index contributed by atoms with van der Waals surface area (Å²) < 4.78 is 7.19. The molecule has 0 aliphatic heterocycles. The van der Waals surface area contributed by atoms with E-state index in [1.807, 2.05) is 53.3 Å². The number of carbonyl (C=O) groups excluding carboxylic acids is 1. The molecule has 0 aliphatic rings. The molecular weight excluding hydrogens is 388 g/mol. The lowest BCUT2D eigenvalue weighted by Crippen LogP contribution is -2.38. The van der Waals surface area contributed by atoms with Crippen LogP contribution in [0.3, 0.4) is 0 Å². The summed E-state index contributed by atoms with van der Waals surface area (Å²) in [5.74, 6) is 0.619. The Morgan fingerprint density at radius 2 is 1.94 bits per heavy atom. The SMILES string of the molecule is CCN(CCNC(=O)c1cn(Cc2ccccc2)nc1-c1cccc(OC)c1)C(C)C. The molecule has 3 aromatic rings. The van der Waals surface area contributed by atoms with E-state index in [2.05, 4.69) is 43.1 Å². The van der Waals surface area contributed by atoms with Gasteiger partial charge in [0.1, 0.15) is 11.4 Å². The van der Waals surface area contributed by atoms with E-state index in [4.69, 9.17) is 9.84 Å². The Balaban J connectivity index is 1.84. The van der Waals surface area contributed by atoms with Gasteiger partial charge in [-0.1, -0.05) is 49.4 Å². The highest BCUT2D eigenvalue weighted by Crippen LogP contribution is 2.26. The number of hydrogen-bond donors (Lipinski definition) is 1. The lowest BCUT2D eigenvalue weighted by molar-refractivity contribution is 0.0946. The van der Waals surface area contributed by atoms with E-state index in [0.29, 0.717) is 30.4 Å². The maximum Gasteiger partial charge on any atom is 0.255 e. The molecule has 164 valence electrons. The van der Waals surface area contributed by atoms with E-state index in [9.17, 15) is 4.79 Å². The number of carbonyl (C=O) groups is 1. The molecule has 1 amide bonds. The largest absolute Gasteiger partial charge is 0.497 e. The molecule has 6 nitrogen and oxygen atoms in total. The minimum absolute atomic E-state index is 0.114. The summed E-state index contributed by atoms with van der Waals surface area (Å²) in [4.78, 5) is 15.4. The topological polar surface area (TPSA) is 59.4 Å². The Morgan fingerprint density at radius 1 is 1.16 bits per heavy atom. The highest BCUT2D eigenvalue weighted by molar-refractivity contribution is 5.99. The smallest absolute Gasteiger partial charge is 0.255 e. The second-order valence-corrected chi connectivity index (χ2v) is 7.78. The van der Waals surface area contributed by atoms with Crippen LogP contribution in [0.5, 0.6) is 5.75 Å². The van der Waals surface area contributed by atoms with Crippen LogP contribution < -0.4 is 10.1 Å². The molecule has 1 heterocycles. The van der Waals surface area contributed by atoms with Gasteiger partial charge in [-0.2, -0.15) is 5.10 Å². The summed E-state index contributed by atoms with van der Waals surface area (Å²) in [6.07, 6.45) is 1.83. The monoisotopic (exact) mass is 420 g/mol. The van der Waals surface area contributed by atoms with Crippen molar-refractivity contribution in [3.8, 4) is 17.0 Å². The van der Waals surface area contributed by atoms with Crippen LogP contribution in [0.4, 0.5) is 0 Å². The number of nitrogens with one attached hydrogen (secondary N) is 1. The van der Waals surface area contributed by atoms with E-state index in [1.54, 1.807) is 7.11 Å². The molecule has 31 heavy (non-hydrogen) atoms. The Morgan fingerprint density at radius 3 is 2.61 bits per heavy atom. The lowest BCUT2D eigenvalue weighted by Gasteiger charge is -2.24. The first kappa shape index (κ1) is 22.6. The van der Waals surface area contributed by atoms with Gasteiger partial charge in [0.2, 0.25) is 0 Å². The standard InChI is InChI=1S/C25H32N4O2/c1-5-28(19(2)3)15-14-26-25(30)23-18-29(17-20-10-7-6-8-11-20)27-24(23)21-12-9-13-22(16-21)31-4/h6-13,16,18-19H,5,14-15,17H2,1-4H3,(H,26,30). The van der Waals surface area contributed by atoms with E-state index < -0.39 is 0 Å². The molecule has 0 spiro atoms. The van der Waals surface area contributed by atoms with Crippen LogP contribution in [-0.4, -0.2) is 53.4 Å². The van der Waals surface area contributed by atoms with Crippen molar-refractivity contribution in [1.29, 1.82) is 0 Å². The van der Waals surface area contributed by atoms with Gasteiger partial charge in [-0.25, -0.2) is 0 Å². The van der Waals surface area contributed by atoms with Crippen LogP contribution in [0.25, 0.3) is 11.3 Å². The molecule has 6 heteroatoms. The van der Waals surface area contributed by atoms with Crippen molar-refractivity contribution in [2.75, 3.05) is 26.7 Å². The molecule has 0 atom stereocenters. The van der Waals surface area contributed by atoms with Gasteiger partial charge in [0, 0.05) is 30.9 Å². The van der Waals surface area contributed by atoms with Crippen molar-refractivity contribution < 1.29 is 9.53 Å². The van der Waals surface area contributed by atoms with Crippen molar-refractivity contribution in [2.24, 2.45) is 0 Å². The molecule has 0 aliphatic carbocycles. The third-order valence-corrected chi connectivity index (χ3v) is 5.36. The van der Waals surface area contributed by atoms with Crippen molar-refractivity contribution >= 4 is 5.91 Å². The lowest BCUT2D eigenvalue weighted by atomic mass is 10.1. The van der Waals surface area contributed by atoms with Gasteiger partial charge < -0.3 is 10.1 Å². The molecular formula is C25H32N4O2. The Hall–Kier alpha value is -3.12. The quantitative estimate of drug-likeness (QED) is 0.537. The maximum atomic E-state index is 13.1. The van der Waals surface area contributed by atoms with Gasteiger partial charge in [-0.15, -0.1) is 0 Å². The molecule has 0 radical (unpaired) electrons. The zero-order valence-electron chi connectivity index (χ0n) is 18.8. The van der Waals surface area contributed by atoms with Gasteiger partial charge in [-0.05, 0) is 38.1 Å². The summed E-state index contributed by atoms with van der Waals surface area (Å²) in [5.41, 5.74) is 3.21. The summed E-state index contributed by atoms with van der Waals surface area (Å²) in [6, 6.07) is 18.2. The molecule has 3 rings (SSSR count). The predicted molar refractivity (Wildman–Crippen MR) is 124 cm³/mol. The van der Waals surface area contributed by atoms with Crippen molar-refractivity contribution in [3.05, 3.63) is 71.9 Å². The van der Waals surface area contributed by atoms with E-state index in [1.165, 1.54) is 0 Å². The van der Waals surface area contributed by atoms with Gasteiger partial charge in [0.05, 0.1) is 19.2 Å². The van der Waals surface area contributed by atoms with Gasteiger partial charge >= 0.3 is 0 Å². The van der Waals surface area contributed by atoms with Crippen molar-refractivity contribution in [3.63, 3.8) is 0 Å². The maximum absolute atomic E-state index is 13.1. The first-order valence-corrected chi connectivity index (χ1v) is 10.8. The predicted octanol–water partition coefficient (Wildman–Crippen LogP) is 4.07. The van der Waals surface area contributed by atoms with Crippen molar-refractivity contribution in [2.45, 2.75) is 33.4 Å². The zero-order valence-corrected chi connectivity index (χ0v) is 18.8. The number of likely N-dealkylation sites (N-methyl/N-ethyl adjacent to an activating group) is 1. The van der Waals surface area contributed by atoms with Crippen LogP contribution in [0.2, 0.25) is 0 Å². The van der Waals surface area contributed by atoms with Crippen molar-refractivity contribution in [1.82, 2.24) is 20.0 Å². The second-order valence-electron chi connectivity index (χ2n) is 7.78. The normalized spacial score (nSPS) is 11.2. The molecule has 0 fully saturated rings. The second kappa shape index (κ2) is 10.8. The minimum atomic E-state index is -0.114. The average molecular weight is 421 g/mol. The van der Waals surface area contributed by atoms with Crippen LogP contribution >= 0.6 is 0 Å². The fourth-order valence-corrected chi connectivity index (χ4v) is 3.61. The third kappa shape index (κ3) is 5.95. The van der Waals surface area contributed by atoms with Gasteiger partial charge in [0.15, 0.2) is 0 Å². The molecule has 0 unspecified atom stereocenters. The molecule has 2 aromatic carbocycles. The number of nitrogens with zero attached hydrogens (tertiary/aromatic N) is 3. The number of hydrogen-bond acceptors (Lipinski definition) is 4. The molecule has 0 bridgehead atoms. The summed E-state index contributed by atoms with van der Waals surface area (Å²) in [6.45, 7) is 9.43. The summed E-state index contributed by atoms with van der Waals surface area (Å²) >= 11 is 0. The Labute approximate surface area is 184 Å². The van der Waals surface area contributed by atoms with Crippen LogP contribution in [0.1, 0.15) is 36.7 Å². The number of aromatic nitrogens is 2. The van der Waals surface area contributed by atoms with Gasteiger partial charge in [-0.3, -0.25) is 14.4 Å². The Bertz CT molecular complexity index is 982. The average Bonchev–Trinajstić information content (AvgIpc) is 3.21. The highest BCUT2D eigenvalue weighted by atomic mass is 16.5. The molecule has 0 saturated carbocycles. The minimum Gasteiger partial charge on any atom is -0.497 e. The highest BCUT2D eigenvalue weighted by Gasteiger charge is 2.19. The van der Waals surface area contributed by atoms with Crippen LogP contribution in [-0.2, 0) is 6.54 Å². The summed E-state index contributed by atoms with van der Waals surface area (Å²) in [7, 11) is 1.63. The summed E-state index contributed by atoms with van der Waals surface area (Å²) in [5, 5.41) is 7.82. The number of rotatable bonds is 10. The Kier molecular flexibility index (Phi) is 7.84. The van der Waals surface area contributed by atoms with Gasteiger partial charge in [0.25, 0.3) is 5.91 Å². The molecule has 1 N–H and O–H groups in total. The molecule has 0 saturated heterocycles. The number of methoxy groups -OCH3 is 1. The first-order valence-electron chi connectivity index (χ1n) is 10.8. The fraction of sp³-hybridized carbons (Fsp3) is 0.360. The fourth-order valence-electron chi connectivity index (χ4n) is 3.61. The van der Waals surface area contributed by atoms with E-state index in [0.717, 1.165) is 30.0 Å². The molecule has 1 aromatic heterocycles. The zero-order chi connectivity index (χ0) is 22.2. The van der Waals surface area contributed by atoms with E-state index in [-0.39, 0.29) is 5.91 Å². The number of benzene rings is 2. The third-order valence-electron chi connectivity index (χ3n) is 5.36. The van der Waals surface area contributed by atoms with E-state index >= 15 is 0 Å². The first-order chi connectivity index (χ1) is 15.0. The van der Waals surface area contributed by atoms with Crippen LogP contribution in [0.15, 0.2) is 60.8 Å². The number of amides is 1. The van der Waals surface area contributed by atoms with Crippen LogP contribution in [0, 0.1) is 0 Å².